The largest absolute Gasteiger partial charge is 0.397 e. The molecule has 3 nitrogen and oxygen atoms in total. The van der Waals surface area contributed by atoms with E-state index in [0.717, 1.165) is 13.0 Å². The molecule has 2 rings (SSSR count). The maximum atomic E-state index is 13.1. The Morgan fingerprint density at radius 1 is 1.25 bits per heavy atom. The van der Waals surface area contributed by atoms with E-state index in [2.05, 4.69) is 15.6 Å². The van der Waals surface area contributed by atoms with Crippen LogP contribution in [0.25, 0.3) is 0 Å². The second kappa shape index (κ2) is 7.70. The van der Waals surface area contributed by atoms with Crippen LogP contribution in [0.15, 0.2) is 35.3 Å². The van der Waals surface area contributed by atoms with Crippen molar-refractivity contribution >= 4 is 29.9 Å². The Labute approximate surface area is 133 Å². The van der Waals surface area contributed by atoms with Crippen LogP contribution in [0.3, 0.4) is 0 Å². The molecule has 0 spiro atoms. The molecule has 1 aliphatic rings. The molecule has 0 fully saturated rings. The molecule has 112 valence electrons. The molecule has 0 saturated carbocycles. The maximum absolute atomic E-state index is 13.1. The Bertz CT molecular complexity index is 434. The van der Waals surface area contributed by atoms with Crippen molar-refractivity contribution in [1.29, 1.82) is 0 Å². The van der Waals surface area contributed by atoms with Gasteiger partial charge in [-0.15, -0.1) is 24.0 Å². The lowest BCUT2D eigenvalue weighted by Crippen LogP contribution is -2.44. The lowest BCUT2D eigenvalue weighted by molar-refractivity contribution is -0.148. The zero-order chi connectivity index (χ0) is 13.7. The van der Waals surface area contributed by atoms with Crippen molar-refractivity contribution in [3.8, 4) is 0 Å². The molecule has 1 heterocycles. The summed E-state index contributed by atoms with van der Waals surface area (Å²) in [6.07, 6.45) is -3.36. The Morgan fingerprint density at radius 3 is 2.50 bits per heavy atom. The summed E-state index contributed by atoms with van der Waals surface area (Å²) in [4.78, 5) is 4.10. The molecule has 0 aliphatic carbocycles. The highest BCUT2D eigenvalue weighted by Gasteiger charge is 2.40. The summed E-state index contributed by atoms with van der Waals surface area (Å²) in [5, 5.41) is 5.69. The predicted molar refractivity (Wildman–Crippen MR) is 83.6 cm³/mol. The van der Waals surface area contributed by atoms with Crippen LogP contribution in [0.2, 0.25) is 0 Å². The lowest BCUT2D eigenvalue weighted by Gasteiger charge is -2.23. The van der Waals surface area contributed by atoms with Crippen molar-refractivity contribution in [3.05, 3.63) is 35.9 Å². The van der Waals surface area contributed by atoms with Gasteiger partial charge in [0.05, 0.1) is 5.92 Å². The number of nitrogens with zero attached hydrogens (tertiary/aromatic N) is 1. The van der Waals surface area contributed by atoms with Gasteiger partial charge in [-0.2, -0.15) is 13.2 Å². The Kier molecular flexibility index (Phi) is 6.57. The average molecular weight is 399 g/mol. The minimum Gasteiger partial charge on any atom is -0.356 e. The SMILES string of the molecule is FC(F)(F)C(CNC1=NCCCN1)c1ccccc1.I. The third kappa shape index (κ3) is 4.84. The summed E-state index contributed by atoms with van der Waals surface area (Å²) >= 11 is 0. The smallest absolute Gasteiger partial charge is 0.356 e. The zero-order valence-electron chi connectivity index (χ0n) is 10.8. The van der Waals surface area contributed by atoms with Gasteiger partial charge in [0.1, 0.15) is 0 Å². The molecule has 20 heavy (non-hydrogen) atoms. The topological polar surface area (TPSA) is 36.4 Å². The molecule has 0 bridgehead atoms. The standard InChI is InChI=1S/C13H16F3N3.HI/c14-13(15,16)11(10-5-2-1-3-6-10)9-19-12-17-7-4-8-18-12;/h1-3,5-6,11H,4,7-9H2,(H2,17,18,19);1H. The Balaban J connectivity index is 0.00000200. The Hall–Kier alpha value is -0.990. The van der Waals surface area contributed by atoms with E-state index >= 15 is 0 Å². The van der Waals surface area contributed by atoms with Gasteiger partial charge in [0, 0.05) is 19.6 Å². The van der Waals surface area contributed by atoms with Crippen molar-refractivity contribution in [2.75, 3.05) is 19.6 Å². The van der Waals surface area contributed by atoms with Gasteiger partial charge in [0.15, 0.2) is 5.96 Å². The second-order valence-electron chi connectivity index (χ2n) is 4.40. The highest BCUT2D eigenvalue weighted by atomic mass is 127. The molecule has 1 aromatic rings. The average Bonchev–Trinajstić information content (AvgIpc) is 2.40. The third-order valence-corrected chi connectivity index (χ3v) is 2.97. The summed E-state index contributed by atoms with van der Waals surface area (Å²) < 4.78 is 39.2. The van der Waals surface area contributed by atoms with E-state index in [9.17, 15) is 13.2 Å². The molecule has 7 heteroatoms. The first-order valence-electron chi connectivity index (χ1n) is 6.21. The van der Waals surface area contributed by atoms with Gasteiger partial charge in [-0.05, 0) is 12.0 Å². The zero-order valence-corrected chi connectivity index (χ0v) is 13.1. The summed E-state index contributed by atoms with van der Waals surface area (Å²) in [6, 6.07) is 7.93. The number of benzene rings is 1. The summed E-state index contributed by atoms with van der Waals surface area (Å²) in [7, 11) is 0. The molecular formula is C13H17F3IN3. The molecule has 0 amide bonds. The van der Waals surface area contributed by atoms with Gasteiger partial charge in [0.2, 0.25) is 0 Å². The first-order chi connectivity index (χ1) is 9.07. The first kappa shape index (κ1) is 17.1. The number of aliphatic imine (C=N–C) groups is 1. The predicted octanol–water partition coefficient (Wildman–Crippen LogP) is 2.89. The van der Waals surface area contributed by atoms with Crippen LogP contribution >= 0.6 is 24.0 Å². The highest BCUT2D eigenvalue weighted by Crippen LogP contribution is 2.34. The quantitative estimate of drug-likeness (QED) is 0.768. The highest BCUT2D eigenvalue weighted by molar-refractivity contribution is 14.0. The number of nitrogens with one attached hydrogen (secondary N) is 2. The fourth-order valence-electron chi connectivity index (χ4n) is 1.96. The molecule has 1 atom stereocenters. The third-order valence-electron chi connectivity index (χ3n) is 2.97. The van der Waals surface area contributed by atoms with Crippen LogP contribution in [-0.4, -0.2) is 31.8 Å². The Morgan fingerprint density at radius 2 is 1.95 bits per heavy atom. The van der Waals surface area contributed by atoms with Crippen molar-refractivity contribution in [1.82, 2.24) is 10.6 Å². The van der Waals surface area contributed by atoms with E-state index in [1.165, 1.54) is 12.1 Å². The number of rotatable bonds is 3. The fourth-order valence-corrected chi connectivity index (χ4v) is 1.96. The summed E-state index contributed by atoms with van der Waals surface area (Å²) in [5.41, 5.74) is 0.263. The van der Waals surface area contributed by atoms with Crippen molar-refractivity contribution in [2.24, 2.45) is 4.99 Å². The van der Waals surface area contributed by atoms with Crippen LogP contribution in [0.1, 0.15) is 17.9 Å². The van der Waals surface area contributed by atoms with Crippen LogP contribution in [0, 0.1) is 0 Å². The monoisotopic (exact) mass is 399 g/mol. The number of guanidine groups is 1. The second-order valence-corrected chi connectivity index (χ2v) is 4.40. The van der Waals surface area contributed by atoms with E-state index in [1.54, 1.807) is 18.2 Å². The molecule has 0 aromatic heterocycles. The molecule has 1 aliphatic heterocycles. The molecule has 1 aromatic carbocycles. The minimum absolute atomic E-state index is 0. The summed E-state index contributed by atoms with van der Waals surface area (Å²) in [6.45, 7) is 1.19. The van der Waals surface area contributed by atoms with Gasteiger partial charge in [0.25, 0.3) is 0 Å². The molecule has 2 N–H and O–H groups in total. The lowest BCUT2D eigenvalue weighted by atomic mass is 9.98. The number of hydrogen-bond donors (Lipinski definition) is 2. The maximum Gasteiger partial charge on any atom is 0.397 e. The van der Waals surface area contributed by atoms with Gasteiger partial charge in [-0.25, -0.2) is 0 Å². The van der Waals surface area contributed by atoms with E-state index in [4.69, 9.17) is 0 Å². The van der Waals surface area contributed by atoms with Crippen molar-refractivity contribution in [3.63, 3.8) is 0 Å². The minimum atomic E-state index is -4.27. The molecular weight excluding hydrogens is 382 g/mol. The van der Waals surface area contributed by atoms with Gasteiger partial charge in [-0.3, -0.25) is 4.99 Å². The molecule has 1 unspecified atom stereocenters. The van der Waals surface area contributed by atoms with E-state index in [-0.39, 0.29) is 36.1 Å². The number of alkyl halides is 3. The van der Waals surface area contributed by atoms with E-state index in [1.807, 2.05) is 0 Å². The van der Waals surface area contributed by atoms with Crippen LogP contribution in [0.4, 0.5) is 13.2 Å². The fraction of sp³-hybridized carbons (Fsp3) is 0.462. The normalized spacial score (nSPS) is 16.4. The van der Waals surface area contributed by atoms with Crippen LogP contribution in [-0.2, 0) is 0 Å². The van der Waals surface area contributed by atoms with Crippen LogP contribution in [0.5, 0.6) is 0 Å². The molecule has 0 saturated heterocycles. The van der Waals surface area contributed by atoms with E-state index < -0.39 is 12.1 Å². The number of hydrogen-bond acceptors (Lipinski definition) is 3. The molecule has 0 radical (unpaired) electrons. The van der Waals surface area contributed by atoms with E-state index in [0.29, 0.717) is 12.5 Å². The van der Waals surface area contributed by atoms with Crippen LogP contribution < -0.4 is 10.6 Å². The van der Waals surface area contributed by atoms with Gasteiger partial charge in [-0.1, -0.05) is 30.3 Å². The van der Waals surface area contributed by atoms with Crippen molar-refractivity contribution < 1.29 is 13.2 Å². The summed E-state index contributed by atoms with van der Waals surface area (Å²) in [5.74, 6) is -1.07. The van der Waals surface area contributed by atoms with Crippen molar-refractivity contribution in [2.45, 2.75) is 18.5 Å². The first-order valence-corrected chi connectivity index (χ1v) is 6.21. The van der Waals surface area contributed by atoms with Gasteiger partial charge < -0.3 is 10.6 Å². The number of halogens is 4. The van der Waals surface area contributed by atoms with Gasteiger partial charge >= 0.3 is 6.18 Å².